The smallest absolute Gasteiger partial charge is 0.122 e. The predicted molar refractivity (Wildman–Crippen MR) is 87.3 cm³/mol. The Hall–Kier alpha value is -1.35. The summed E-state index contributed by atoms with van der Waals surface area (Å²) in [4.78, 5) is 2.54. The zero-order chi connectivity index (χ0) is 15.0. The molecule has 0 aromatic heterocycles. The summed E-state index contributed by atoms with van der Waals surface area (Å²) >= 11 is 0. The number of nitrogens with zero attached hydrogens (tertiary/aromatic N) is 1. The van der Waals surface area contributed by atoms with E-state index in [1.807, 2.05) is 12.1 Å². The molecular formula is C17H29N3. The fourth-order valence-electron chi connectivity index (χ4n) is 2.32. The fraction of sp³-hybridized carbons (Fsp3) is 0.588. The summed E-state index contributed by atoms with van der Waals surface area (Å²) in [6, 6.07) is 6.11. The third-order valence-electron chi connectivity index (χ3n) is 3.70. The molecule has 1 aromatic rings. The Morgan fingerprint density at radius 2 is 1.75 bits per heavy atom. The van der Waals surface area contributed by atoms with Gasteiger partial charge in [0, 0.05) is 12.1 Å². The summed E-state index contributed by atoms with van der Waals surface area (Å²) in [5, 5.41) is 7.49. The lowest BCUT2D eigenvalue weighted by Crippen LogP contribution is -2.26. The quantitative estimate of drug-likeness (QED) is 0.533. The van der Waals surface area contributed by atoms with Crippen molar-refractivity contribution in [2.24, 2.45) is 5.73 Å². The van der Waals surface area contributed by atoms with Crippen LogP contribution in [0.25, 0.3) is 0 Å². The Morgan fingerprint density at radius 3 is 2.20 bits per heavy atom. The zero-order valence-electron chi connectivity index (χ0n) is 13.2. The number of rotatable bonds is 9. The zero-order valence-corrected chi connectivity index (χ0v) is 13.2. The molecule has 0 aliphatic carbocycles. The minimum atomic E-state index is 0.147. The monoisotopic (exact) mass is 275 g/mol. The third-order valence-corrected chi connectivity index (χ3v) is 3.70. The largest absolute Gasteiger partial charge is 0.384 e. The molecule has 20 heavy (non-hydrogen) atoms. The molecule has 3 N–H and O–H groups in total. The Morgan fingerprint density at radius 1 is 1.15 bits per heavy atom. The van der Waals surface area contributed by atoms with Gasteiger partial charge in [0.2, 0.25) is 0 Å². The first-order valence-electron chi connectivity index (χ1n) is 7.74. The summed E-state index contributed by atoms with van der Waals surface area (Å²) in [7, 11) is 0. The molecule has 0 atom stereocenters. The summed E-state index contributed by atoms with van der Waals surface area (Å²) in [5.74, 6) is 0.147. The van der Waals surface area contributed by atoms with E-state index in [9.17, 15) is 0 Å². The number of nitrogen functional groups attached to an aromatic ring is 1. The standard InChI is InChI=1S/C17H29N3/c1-4-6-10-20(11-7-5-2)13-16-9-8-15(17(18)19)12-14(16)3/h8-9,12H,4-7,10-11,13H2,1-3H3,(H3,18,19). The van der Waals surface area contributed by atoms with E-state index < -0.39 is 0 Å². The van der Waals surface area contributed by atoms with E-state index in [1.54, 1.807) is 0 Å². The Kier molecular flexibility index (Phi) is 7.31. The number of benzene rings is 1. The number of hydrogen-bond acceptors (Lipinski definition) is 2. The van der Waals surface area contributed by atoms with E-state index >= 15 is 0 Å². The van der Waals surface area contributed by atoms with Crippen molar-refractivity contribution in [1.82, 2.24) is 4.90 Å². The van der Waals surface area contributed by atoms with Crippen molar-refractivity contribution in [3.8, 4) is 0 Å². The lowest BCUT2D eigenvalue weighted by atomic mass is 10.0. The van der Waals surface area contributed by atoms with Crippen LogP contribution in [0.4, 0.5) is 0 Å². The van der Waals surface area contributed by atoms with Crippen LogP contribution in [0.3, 0.4) is 0 Å². The van der Waals surface area contributed by atoms with Crippen molar-refractivity contribution in [1.29, 1.82) is 5.41 Å². The molecule has 0 amide bonds. The molecule has 3 nitrogen and oxygen atoms in total. The molecule has 1 aromatic carbocycles. The van der Waals surface area contributed by atoms with Crippen LogP contribution in [-0.4, -0.2) is 23.8 Å². The van der Waals surface area contributed by atoms with E-state index in [0.717, 1.165) is 12.1 Å². The van der Waals surface area contributed by atoms with Crippen LogP contribution in [0.2, 0.25) is 0 Å². The molecule has 0 unspecified atom stereocenters. The molecule has 0 fully saturated rings. The molecule has 0 bridgehead atoms. The lowest BCUT2D eigenvalue weighted by Gasteiger charge is -2.23. The van der Waals surface area contributed by atoms with Gasteiger partial charge in [0.05, 0.1) is 0 Å². The summed E-state index contributed by atoms with van der Waals surface area (Å²) in [6.45, 7) is 9.94. The van der Waals surface area contributed by atoms with Crippen LogP contribution < -0.4 is 5.73 Å². The minimum absolute atomic E-state index is 0.147. The van der Waals surface area contributed by atoms with Gasteiger partial charge in [0.25, 0.3) is 0 Å². The van der Waals surface area contributed by atoms with E-state index in [2.05, 4.69) is 31.7 Å². The van der Waals surface area contributed by atoms with Crippen molar-refractivity contribution in [2.75, 3.05) is 13.1 Å². The number of nitrogens with two attached hydrogens (primary N) is 1. The van der Waals surface area contributed by atoms with Gasteiger partial charge in [0.15, 0.2) is 0 Å². The van der Waals surface area contributed by atoms with Gasteiger partial charge < -0.3 is 5.73 Å². The molecule has 0 saturated heterocycles. The number of nitrogens with one attached hydrogen (secondary N) is 1. The number of hydrogen-bond donors (Lipinski definition) is 2. The summed E-state index contributed by atoms with van der Waals surface area (Å²) in [5.41, 5.74) is 8.94. The predicted octanol–water partition coefficient (Wildman–Crippen LogP) is 3.68. The van der Waals surface area contributed by atoms with Gasteiger partial charge in [-0.05, 0) is 50.0 Å². The van der Waals surface area contributed by atoms with Gasteiger partial charge in [-0.2, -0.15) is 0 Å². The van der Waals surface area contributed by atoms with Crippen LogP contribution in [-0.2, 0) is 6.54 Å². The molecule has 1 rings (SSSR count). The second-order valence-corrected chi connectivity index (χ2v) is 5.54. The molecule has 112 valence electrons. The van der Waals surface area contributed by atoms with Gasteiger partial charge >= 0.3 is 0 Å². The van der Waals surface area contributed by atoms with Gasteiger partial charge in [-0.1, -0.05) is 38.8 Å². The maximum absolute atomic E-state index is 7.49. The van der Waals surface area contributed by atoms with Gasteiger partial charge in [-0.15, -0.1) is 0 Å². The maximum atomic E-state index is 7.49. The summed E-state index contributed by atoms with van der Waals surface area (Å²) in [6.07, 6.45) is 5.00. The Labute approximate surface area is 123 Å². The highest BCUT2D eigenvalue weighted by Crippen LogP contribution is 2.14. The highest BCUT2D eigenvalue weighted by Gasteiger charge is 2.08. The first-order chi connectivity index (χ1) is 9.58. The molecular weight excluding hydrogens is 246 g/mol. The van der Waals surface area contributed by atoms with E-state index in [1.165, 1.54) is 49.9 Å². The molecule has 0 saturated carbocycles. The number of aryl methyl sites for hydroxylation is 1. The van der Waals surface area contributed by atoms with Crippen LogP contribution in [0.5, 0.6) is 0 Å². The second kappa shape index (κ2) is 8.75. The first kappa shape index (κ1) is 16.7. The third kappa shape index (κ3) is 5.33. The van der Waals surface area contributed by atoms with Crippen LogP contribution in [0, 0.1) is 12.3 Å². The average Bonchev–Trinajstić information content (AvgIpc) is 2.43. The van der Waals surface area contributed by atoms with Crippen molar-refractivity contribution >= 4 is 5.84 Å². The van der Waals surface area contributed by atoms with Crippen molar-refractivity contribution in [2.45, 2.75) is 53.0 Å². The van der Waals surface area contributed by atoms with Crippen molar-refractivity contribution < 1.29 is 0 Å². The second-order valence-electron chi connectivity index (χ2n) is 5.54. The highest BCUT2D eigenvalue weighted by atomic mass is 15.1. The Bertz CT molecular complexity index is 418. The topological polar surface area (TPSA) is 53.1 Å². The Balaban J connectivity index is 2.73. The molecule has 3 heteroatoms. The van der Waals surface area contributed by atoms with Gasteiger partial charge in [0.1, 0.15) is 5.84 Å². The lowest BCUT2D eigenvalue weighted by molar-refractivity contribution is 0.256. The maximum Gasteiger partial charge on any atom is 0.122 e. The van der Waals surface area contributed by atoms with Crippen molar-refractivity contribution in [3.05, 3.63) is 34.9 Å². The average molecular weight is 275 g/mol. The fourth-order valence-corrected chi connectivity index (χ4v) is 2.32. The minimum Gasteiger partial charge on any atom is -0.384 e. The first-order valence-corrected chi connectivity index (χ1v) is 7.74. The number of unbranched alkanes of at least 4 members (excludes halogenated alkanes) is 2. The van der Waals surface area contributed by atoms with Gasteiger partial charge in [-0.3, -0.25) is 10.3 Å². The SMILES string of the molecule is CCCCN(CCCC)Cc1ccc(C(=N)N)cc1C. The molecule has 0 spiro atoms. The normalized spacial score (nSPS) is 11.0. The van der Waals surface area contributed by atoms with E-state index in [0.29, 0.717) is 0 Å². The van der Waals surface area contributed by atoms with Crippen LogP contribution in [0.15, 0.2) is 18.2 Å². The van der Waals surface area contributed by atoms with E-state index in [-0.39, 0.29) is 5.84 Å². The molecule has 0 aliphatic rings. The van der Waals surface area contributed by atoms with Gasteiger partial charge in [-0.25, -0.2) is 0 Å². The molecule has 0 aliphatic heterocycles. The van der Waals surface area contributed by atoms with E-state index in [4.69, 9.17) is 11.1 Å². The highest BCUT2D eigenvalue weighted by molar-refractivity contribution is 5.95. The molecule has 0 radical (unpaired) electrons. The molecule has 0 heterocycles. The van der Waals surface area contributed by atoms with Crippen LogP contribution >= 0.6 is 0 Å². The van der Waals surface area contributed by atoms with Crippen LogP contribution in [0.1, 0.15) is 56.2 Å². The number of amidine groups is 1. The summed E-state index contributed by atoms with van der Waals surface area (Å²) < 4.78 is 0. The van der Waals surface area contributed by atoms with Crippen molar-refractivity contribution in [3.63, 3.8) is 0 Å².